The van der Waals surface area contributed by atoms with E-state index in [2.05, 4.69) is 5.32 Å². The van der Waals surface area contributed by atoms with Crippen LogP contribution >= 0.6 is 11.3 Å². The number of amides is 1. The van der Waals surface area contributed by atoms with Gasteiger partial charge >= 0.3 is 0 Å². The lowest BCUT2D eigenvalue weighted by Crippen LogP contribution is -2.35. The second-order valence-corrected chi connectivity index (χ2v) is 12.2. The first-order valence-corrected chi connectivity index (χ1v) is 13.3. The molecule has 32 heavy (non-hydrogen) atoms. The molecule has 2 aliphatic heterocycles. The van der Waals surface area contributed by atoms with E-state index in [1.165, 1.54) is 11.3 Å². The van der Waals surface area contributed by atoms with Crippen LogP contribution in [0.3, 0.4) is 0 Å². The first kappa shape index (κ1) is 23.1. The number of rotatable bonds is 8. The quantitative estimate of drug-likeness (QED) is 0.588. The number of piperidine rings is 1. The van der Waals surface area contributed by atoms with Crippen LogP contribution in [-0.4, -0.2) is 50.5 Å². The Bertz CT molecular complexity index is 1070. The summed E-state index contributed by atoms with van der Waals surface area (Å²) in [6, 6.07) is 9.20. The zero-order valence-electron chi connectivity index (χ0n) is 18.6. The van der Waals surface area contributed by atoms with Crippen LogP contribution in [0.15, 0.2) is 34.5 Å². The van der Waals surface area contributed by atoms with Crippen molar-refractivity contribution in [2.75, 3.05) is 26.2 Å². The molecular weight excluding hydrogens is 448 g/mol. The second kappa shape index (κ2) is 9.41. The van der Waals surface area contributed by atoms with Crippen molar-refractivity contribution < 1.29 is 22.7 Å². The Morgan fingerprint density at radius 2 is 1.97 bits per heavy atom. The molecule has 0 aliphatic carbocycles. The van der Waals surface area contributed by atoms with E-state index in [1.807, 2.05) is 32.0 Å². The molecule has 1 saturated heterocycles. The fraction of sp³-hybridized carbons (Fsp3) is 0.522. The zero-order chi connectivity index (χ0) is 22.8. The number of benzene rings is 1. The molecule has 174 valence electrons. The molecule has 1 aromatic heterocycles. The predicted molar refractivity (Wildman–Crippen MR) is 124 cm³/mol. The van der Waals surface area contributed by atoms with Crippen molar-refractivity contribution in [3.8, 4) is 11.5 Å². The molecule has 3 heterocycles. The summed E-state index contributed by atoms with van der Waals surface area (Å²) in [6.07, 6.45) is 3.86. The lowest BCUT2D eigenvalue weighted by molar-refractivity contribution is -0.120. The average Bonchev–Trinajstić information content (AvgIpc) is 3.35. The second-order valence-electron chi connectivity index (χ2n) is 8.84. The third-order valence-electron chi connectivity index (χ3n) is 5.62. The number of para-hydroxylation sites is 1. The molecule has 2 aliphatic rings. The predicted octanol–water partition coefficient (Wildman–Crippen LogP) is 3.37. The smallest absolute Gasteiger partial charge is 0.252 e. The molecule has 9 heteroatoms. The number of nitrogens with one attached hydrogen (secondary N) is 1. The molecule has 7 nitrogen and oxygen atoms in total. The highest BCUT2D eigenvalue weighted by Gasteiger charge is 2.32. The maximum Gasteiger partial charge on any atom is 0.252 e. The van der Waals surface area contributed by atoms with Crippen LogP contribution in [0.25, 0.3) is 0 Å². The molecule has 1 N–H and O–H groups in total. The molecule has 0 unspecified atom stereocenters. The minimum atomic E-state index is -3.45. The lowest BCUT2D eigenvalue weighted by Gasteiger charge is -2.25. The van der Waals surface area contributed by atoms with Gasteiger partial charge in [-0.15, -0.1) is 11.3 Å². The van der Waals surface area contributed by atoms with E-state index in [-0.39, 0.29) is 17.9 Å². The number of hydrogen-bond acceptors (Lipinski definition) is 6. The molecule has 0 saturated carbocycles. The van der Waals surface area contributed by atoms with Crippen LogP contribution in [-0.2, 0) is 27.7 Å². The Morgan fingerprint density at radius 3 is 2.75 bits per heavy atom. The maximum absolute atomic E-state index is 12.8. The largest absolute Gasteiger partial charge is 0.488 e. The Balaban J connectivity index is 1.25. The highest BCUT2D eigenvalue weighted by atomic mass is 32.2. The number of carbonyl (C=O) groups excluding carboxylic acids is 1. The van der Waals surface area contributed by atoms with E-state index in [4.69, 9.17) is 9.47 Å². The summed E-state index contributed by atoms with van der Waals surface area (Å²) < 4.78 is 39.2. The van der Waals surface area contributed by atoms with E-state index in [0.717, 1.165) is 41.9 Å². The summed E-state index contributed by atoms with van der Waals surface area (Å²) in [5, 5.41) is 2.84. The first-order valence-electron chi connectivity index (χ1n) is 11.0. The molecule has 0 spiro atoms. The molecule has 2 aromatic rings. The number of thiophene rings is 1. The average molecular weight is 479 g/mol. The van der Waals surface area contributed by atoms with Crippen LogP contribution in [0.2, 0.25) is 0 Å². The fourth-order valence-electron chi connectivity index (χ4n) is 4.10. The number of carbonyl (C=O) groups is 1. The van der Waals surface area contributed by atoms with Gasteiger partial charge in [-0.2, -0.15) is 4.31 Å². The standard InChI is InChI=1S/C23H30N2O5S2/c1-23(2)16-17-7-6-8-19(22(17)30-23)29-14-11-24-20(26)15-18-9-10-21(31-18)32(27,28)25-12-4-3-5-13-25/h6-10H,3-5,11-16H2,1-2H3,(H,24,26). The number of ether oxygens (including phenoxy) is 2. The number of hydrogen-bond donors (Lipinski definition) is 1. The van der Waals surface area contributed by atoms with Crippen molar-refractivity contribution in [3.63, 3.8) is 0 Å². The highest BCUT2D eigenvalue weighted by molar-refractivity contribution is 7.91. The third kappa shape index (κ3) is 5.27. The number of fused-ring (bicyclic) bond motifs is 1. The topological polar surface area (TPSA) is 84.9 Å². The van der Waals surface area contributed by atoms with Crippen molar-refractivity contribution >= 4 is 27.3 Å². The van der Waals surface area contributed by atoms with Gasteiger partial charge < -0.3 is 14.8 Å². The van der Waals surface area contributed by atoms with Crippen LogP contribution in [0.4, 0.5) is 0 Å². The molecule has 0 radical (unpaired) electrons. The Labute approximate surface area is 193 Å². The van der Waals surface area contributed by atoms with E-state index in [1.54, 1.807) is 16.4 Å². The van der Waals surface area contributed by atoms with Crippen LogP contribution in [0.5, 0.6) is 11.5 Å². The van der Waals surface area contributed by atoms with Gasteiger partial charge in [0, 0.05) is 30.0 Å². The summed E-state index contributed by atoms with van der Waals surface area (Å²) in [5.41, 5.74) is 0.890. The highest BCUT2D eigenvalue weighted by Crippen LogP contribution is 2.41. The van der Waals surface area contributed by atoms with E-state index in [9.17, 15) is 13.2 Å². The minimum absolute atomic E-state index is 0.151. The maximum atomic E-state index is 12.8. The van der Waals surface area contributed by atoms with Gasteiger partial charge in [0.15, 0.2) is 11.5 Å². The molecule has 0 atom stereocenters. The minimum Gasteiger partial charge on any atom is -0.488 e. The Hall–Kier alpha value is -2.10. The van der Waals surface area contributed by atoms with Gasteiger partial charge in [0.1, 0.15) is 16.4 Å². The Kier molecular flexibility index (Phi) is 6.78. The van der Waals surface area contributed by atoms with Gasteiger partial charge in [0.05, 0.1) is 13.0 Å². The molecule has 4 rings (SSSR count). The lowest BCUT2D eigenvalue weighted by atomic mass is 10.0. The summed E-state index contributed by atoms with van der Waals surface area (Å²) in [6.45, 7) is 5.92. The van der Waals surface area contributed by atoms with E-state index >= 15 is 0 Å². The molecular formula is C23H30N2O5S2. The van der Waals surface area contributed by atoms with Crippen LogP contribution in [0, 0.1) is 0 Å². The summed E-state index contributed by atoms with van der Waals surface area (Å²) in [4.78, 5) is 13.0. The van der Waals surface area contributed by atoms with Crippen LogP contribution in [0.1, 0.15) is 43.6 Å². The van der Waals surface area contributed by atoms with Crippen molar-refractivity contribution in [3.05, 3.63) is 40.8 Å². The van der Waals surface area contributed by atoms with Gasteiger partial charge in [-0.05, 0) is 44.9 Å². The fourth-order valence-corrected chi connectivity index (χ4v) is 7.12. The summed E-state index contributed by atoms with van der Waals surface area (Å²) in [7, 11) is -3.45. The van der Waals surface area contributed by atoms with Crippen LogP contribution < -0.4 is 14.8 Å². The van der Waals surface area contributed by atoms with Gasteiger partial charge in [0.2, 0.25) is 5.91 Å². The Morgan fingerprint density at radius 1 is 1.19 bits per heavy atom. The molecule has 0 bridgehead atoms. The third-order valence-corrected chi connectivity index (χ3v) is 9.07. The van der Waals surface area contributed by atoms with E-state index in [0.29, 0.717) is 36.2 Å². The molecule has 1 aromatic carbocycles. The number of nitrogens with zero attached hydrogens (tertiary/aromatic N) is 1. The monoisotopic (exact) mass is 478 g/mol. The summed E-state index contributed by atoms with van der Waals surface area (Å²) in [5.74, 6) is 1.31. The molecule has 1 amide bonds. The van der Waals surface area contributed by atoms with Crippen molar-refractivity contribution in [2.45, 2.75) is 55.8 Å². The van der Waals surface area contributed by atoms with Crippen molar-refractivity contribution in [1.29, 1.82) is 0 Å². The first-order chi connectivity index (χ1) is 15.2. The van der Waals surface area contributed by atoms with Gasteiger partial charge in [-0.25, -0.2) is 8.42 Å². The van der Waals surface area contributed by atoms with Crippen molar-refractivity contribution in [1.82, 2.24) is 9.62 Å². The van der Waals surface area contributed by atoms with Gasteiger partial charge in [-0.1, -0.05) is 18.6 Å². The van der Waals surface area contributed by atoms with Crippen molar-refractivity contribution in [2.24, 2.45) is 0 Å². The zero-order valence-corrected chi connectivity index (χ0v) is 20.2. The molecule has 1 fully saturated rings. The van der Waals surface area contributed by atoms with Gasteiger partial charge in [-0.3, -0.25) is 4.79 Å². The number of sulfonamides is 1. The SMILES string of the molecule is CC1(C)Cc2cccc(OCCNC(=O)Cc3ccc(S(=O)(=O)N4CCCCC4)s3)c2O1. The summed E-state index contributed by atoms with van der Waals surface area (Å²) >= 11 is 1.17. The normalized spacial score (nSPS) is 18.1. The van der Waals surface area contributed by atoms with E-state index < -0.39 is 10.0 Å². The van der Waals surface area contributed by atoms with Gasteiger partial charge in [0.25, 0.3) is 10.0 Å².